The normalized spacial score (nSPS) is 17.7. The number of ether oxygens (including phenoxy) is 1. The molecule has 0 radical (unpaired) electrons. The van der Waals surface area contributed by atoms with Crippen LogP contribution in [-0.2, 0) is 14.8 Å². The third kappa shape index (κ3) is 3.81. The summed E-state index contributed by atoms with van der Waals surface area (Å²) in [4.78, 5) is 15.0. The molecule has 0 spiro atoms. The van der Waals surface area contributed by atoms with Crippen LogP contribution in [0.25, 0.3) is 0 Å². The van der Waals surface area contributed by atoms with E-state index in [4.69, 9.17) is 4.74 Å². The Labute approximate surface area is 147 Å². The molecule has 2 heterocycles. The van der Waals surface area contributed by atoms with E-state index >= 15 is 0 Å². The maximum atomic E-state index is 11.8. The van der Waals surface area contributed by atoms with Gasteiger partial charge in [0.15, 0.2) is 5.82 Å². The smallest absolute Gasteiger partial charge is 0.284 e. The minimum atomic E-state index is -3.77. The van der Waals surface area contributed by atoms with Crippen LogP contribution in [0.1, 0.15) is 24.8 Å². The molecule has 10 nitrogen and oxygen atoms in total. The van der Waals surface area contributed by atoms with E-state index in [0.717, 1.165) is 30.7 Å². The summed E-state index contributed by atoms with van der Waals surface area (Å²) >= 11 is 0.983. The van der Waals surface area contributed by atoms with Crippen molar-refractivity contribution in [3.05, 3.63) is 34.1 Å². The first-order chi connectivity index (χ1) is 11.9. The highest BCUT2D eigenvalue weighted by Crippen LogP contribution is 2.35. The Morgan fingerprint density at radius 1 is 1.48 bits per heavy atom. The second-order valence-electron chi connectivity index (χ2n) is 5.20. The van der Waals surface area contributed by atoms with Crippen molar-refractivity contribution in [2.75, 3.05) is 13.7 Å². The van der Waals surface area contributed by atoms with Crippen LogP contribution < -0.4 is 4.72 Å². The van der Waals surface area contributed by atoms with Crippen molar-refractivity contribution in [3.63, 3.8) is 0 Å². The summed E-state index contributed by atoms with van der Waals surface area (Å²) in [7, 11) is -2.53. The van der Waals surface area contributed by atoms with Gasteiger partial charge in [0.25, 0.3) is 5.69 Å². The summed E-state index contributed by atoms with van der Waals surface area (Å²) in [6.07, 6.45) is 1.65. The molecule has 0 unspecified atom stereocenters. The van der Waals surface area contributed by atoms with Gasteiger partial charge in [-0.25, -0.2) is 18.1 Å². The molecule has 1 atom stereocenters. The van der Waals surface area contributed by atoms with E-state index in [9.17, 15) is 18.5 Å². The van der Waals surface area contributed by atoms with Gasteiger partial charge in [0.2, 0.25) is 15.2 Å². The molecular formula is C13H15N5O5S2. The molecule has 1 aromatic heterocycles. The molecule has 1 aromatic carbocycles. The second kappa shape index (κ2) is 7.07. The largest absolute Gasteiger partial charge is 0.370 e. The van der Waals surface area contributed by atoms with Gasteiger partial charge in [0, 0.05) is 12.7 Å². The molecule has 0 bridgehead atoms. The average molecular weight is 385 g/mol. The van der Waals surface area contributed by atoms with Crippen LogP contribution in [0.15, 0.2) is 33.1 Å². The van der Waals surface area contributed by atoms with Crippen LogP contribution >= 0.6 is 11.8 Å². The van der Waals surface area contributed by atoms with Crippen LogP contribution in [0, 0.1) is 10.1 Å². The van der Waals surface area contributed by atoms with Crippen LogP contribution in [0.3, 0.4) is 0 Å². The summed E-state index contributed by atoms with van der Waals surface area (Å²) in [6.45, 7) is 0.667. The molecule has 1 fully saturated rings. The molecule has 0 saturated carbocycles. The number of sulfonamides is 1. The lowest BCUT2D eigenvalue weighted by molar-refractivity contribution is -0.388. The van der Waals surface area contributed by atoms with Gasteiger partial charge in [0.1, 0.15) is 6.10 Å². The van der Waals surface area contributed by atoms with Crippen LogP contribution in [0.4, 0.5) is 5.69 Å². The predicted molar refractivity (Wildman–Crippen MR) is 87.8 cm³/mol. The Bertz CT molecular complexity index is 892. The first-order valence-corrected chi connectivity index (χ1v) is 9.64. The van der Waals surface area contributed by atoms with Crippen molar-refractivity contribution < 1.29 is 18.1 Å². The fraction of sp³-hybridized carbons (Fsp3) is 0.385. The predicted octanol–water partition coefficient (Wildman–Crippen LogP) is 1.62. The molecular weight excluding hydrogens is 370 g/mol. The second-order valence-corrected chi connectivity index (χ2v) is 8.10. The summed E-state index contributed by atoms with van der Waals surface area (Å²) in [5, 5.41) is 18.4. The van der Waals surface area contributed by atoms with Crippen molar-refractivity contribution in [3.8, 4) is 0 Å². The zero-order valence-corrected chi connectivity index (χ0v) is 14.8. The van der Waals surface area contributed by atoms with Crippen molar-refractivity contribution in [2.45, 2.75) is 33.9 Å². The van der Waals surface area contributed by atoms with Crippen molar-refractivity contribution >= 4 is 27.5 Å². The number of nitro benzene ring substituents is 1. The molecule has 1 aliphatic heterocycles. The Hall–Kier alpha value is -2.02. The third-order valence-corrected chi connectivity index (χ3v) is 5.97. The van der Waals surface area contributed by atoms with Gasteiger partial charge >= 0.3 is 0 Å². The average Bonchev–Trinajstić information content (AvgIpc) is 3.26. The number of nitrogens with zero attached hydrogens (tertiary/aromatic N) is 3. The standard InChI is InChI=1S/C13H15N5O5S2/c1-14-25(21,22)8-4-5-11(9(7-8)18(19)20)24-13-15-12(16-17-13)10-3-2-6-23-10/h4-5,7,10,14H,2-3,6H2,1H3,(H,15,16,17)/t10-/m0/s1. The van der Waals surface area contributed by atoms with Crippen LogP contribution in [0.5, 0.6) is 0 Å². The Balaban J connectivity index is 1.88. The highest BCUT2D eigenvalue weighted by atomic mass is 32.2. The maximum Gasteiger partial charge on any atom is 0.284 e. The molecule has 1 saturated heterocycles. The van der Waals surface area contributed by atoms with Gasteiger partial charge in [-0.1, -0.05) is 0 Å². The Kier molecular flexibility index (Phi) is 5.03. The zero-order valence-electron chi connectivity index (χ0n) is 13.1. The van der Waals surface area contributed by atoms with E-state index in [-0.39, 0.29) is 21.6 Å². The molecule has 2 N–H and O–H groups in total. The summed E-state index contributed by atoms with van der Waals surface area (Å²) in [5.74, 6) is 0.581. The number of hydrogen-bond donors (Lipinski definition) is 2. The molecule has 3 rings (SSSR count). The zero-order chi connectivity index (χ0) is 18.0. The SMILES string of the molecule is CNS(=O)(=O)c1ccc(Sc2n[nH]c([C@@H]3CCCO3)n2)c([N+](=O)[O-])c1. The summed E-state index contributed by atoms with van der Waals surface area (Å²) in [5.41, 5.74) is -0.329. The lowest BCUT2D eigenvalue weighted by Crippen LogP contribution is -2.18. The van der Waals surface area contributed by atoms with E-state index in [1.807, 2.05) is 0 Å². The number of nitro groups is 1. The highest BCUT2D eigenvalue weighted by Gasteiger charge is 2.24. The molecule has 25 heavy (non-hydrogen) atoms. The fourth-order valence-corrected chi connectivity index (χ4v) is 3.91. The van der Waals surface area contributed by atoms with E-state index in [1.54, 1.807) is 0 Å². The summed E-state index contributed by atoms with van der Waals surface area (Å²) < 4.78 is 31.3. The Morgan fingerprint density at radius 2 is 2.28 bits per heavy atom. The number of aromatic amines is 1. The summed E-state index contributed by atoms with van der Waals surface area (Å²) in [6, 6.07) is 3.69. The molecule has 2 aromatic rings. The number of H-pyrrole nitrogens is 1. The fourth-order valence-electron chi connectivity index (χ4n) is 2.35. The highest BCUT2D eigenvalue weighted by molar-refractivity contribution is 7.99. The van der Waals surface area contributed by atoms with Gasteiger partial charge < -0.3 is 4.74 Å². The number of rotatable bonds is 6. The molecule has 12 heteroatoms. The van der Waals surface area contributed by atoms with Gasteiger partial charge in [-0.2, -0.15) is 0 Å². The number of hydrogen-bond acceptors (Lipinski definition) is 8. The monoisotopic (exact) mass is 385 g/mol. The van der Waals surface area contributed by atoms with E-state index < -0.39 is 14.9 Å². The van der Waals surface area contributed by atoms with E-state index in [0.29, 0.717) is 17.6 Å². The van der Waals surface area contributed by atoms with Gasteiger partial charge in [-0.3, -0.25) is 15.2 Å². The number of aromatic nitrogens is 3. The van der Waals surface area contributed by atoms with Gasteiger partial charge in [0.05, 0.1) is 14.7 Å². The minimum absolute atomic E-state index is 0.139. The quantitative estimate of drug-likeness (QED) is 0.565. The van der Waals surface area contributed by atoms with Gasteiger partial charge in [-0.15, -0.1) is 5.10 Å². The van der Waals surface area contributed by atoms with Crippen LogP contribution in [0.2, 0.25) is 0 Å². The van der Waals surface area contributed by atoms with Gasteiger partial charge in [-0.05, 0) is 43.8 Å². The third-order valence-electron chi connectivity index (χ3n) is 3.62. The Morgan fingerprint density at radius 3 is 2.92 bits per heavy atom. The lowest BCUT2D eigenvalue weighted by Gasteiger charge is -2.05. The van der Waals surface area contributed by atoms with E-state index in [1.165, 1.54) is 19.2 Å². The molecule has 0 amide bonds. The molecule has 1 aliphatic rings. The van der Waals surface area contributed by atoms with Crippen molar-refractivity contribution in [1.29, 1.82) is 0 Å². The minimum Gasteiger partial charge on any atom is -0.370 e. The number of nitrogens with one attached hydrogen (secondary N) is 2. The maximum absolute atomic E-state index is 11.8. The van der Waals surface area contributed by atoms with Crippen molar-refractivity contribution in [1.82, 2.24) is 19.9 Å². The van der Waals surface area contributed by atoms with E-state index in [2.05, 4.69) is 19.9 Å². The first kappa shape index (κ1) is 17.8. The molecule has 134 valence electrons. The topological polar surface area (TPSA) is 140 Å². The van der Waals surface area contributed by atoms with Crippen LogP contribution in [-0.4, -0.2) is 42.2 Å². The first-order valence-electron chi connectivity index (χ1n) is 7.34. The lowest BCUT2D eigenvalue weighted by atomic mass is 10.2. The van der Waals surface area contributed by atoms with Crippen molar-refractivity contribution in [2.24, 2.45) is 0 Å². The molecule has 0 aliphatic carbocycles. The number of benzene rings is 1.